The molecule has 0 bridgehead atoms. The van der Waals surface area contributed by atoms with Gasteiger partial charge in [-0.15, -0.1) is 0 Å². The average Bonchev–Trinajstić information content (AvgIpc) is 2.64. The first-order valence-corrected chi connectivity index (χ1v) is 7.46. The molecule has 1 aromatic carbocycles. The lowest BCUT2D eigenvalue weighted by molar-refractivity contribution is -0.119. The Kier molecular flexibility index (Phi) is 4.60. The van der Waals surface area contributed by atoms with Crippen LogP contribution in [-0.4, -0.2) is 37.0 Å². The summed E-state index contributed by atoms with van der Waals surface area (Å²) in [7, 11) is 0. The summed E-state index contributed by atoms with van der Waals surface area (Å²) in [5.74, 6) is 0.000237. The Bertz CT molecular complexity index is 474. The lowest BCUT2D eigenvalue weighted by atomic mass is 10.1. The molecule has 1 aromatic rings. The second-order valence-electron chi connectivity index (χ2n) is 4.70. The molecule has 4 nitrogen and oxygen atoms in total. The highest BCUT2D eigenvalue weighted by atomic mass is 79.9. The lowest BCUT2D eigenvalue weighted by Crippen LogP contribution is -2.38. The summed E-state index contributed by atoms with van der Waals surface area (Å²) in [5.41, 5.74) is 7.86. The molecule has 0 aliphatic carbocycles. The Morgan fingerprint density at radius 3 is 2.68 bits per heavy atom. The highest BCUT2D eigenvalue weighted by molar-refractivity contribution is 9.10. The van der Waals surface area contributed by atoms with Crippen LogP contribution in [0.1, 0.15) is 25.5 Å². The fourth-order valence-electron chi connectivity index (χ4n) is 2.45. The van der Waals surface area contributed by atoms with Gasteiger partial charge in [0.1, 0.15) is 6.04 Å². The molecule has 0 aromatic heterocycles. The predicted molar refractivity (Wildman–Crippen MR) is 81.2 cm³/mol. The number of hydrogen-bond donors (Lipinski definition) is 1. The topological polar surface area (TPSA) is 49.6 Å². The van der Waals surface area contributed by atoms with Crippen LogP contribution in [0.15, 0.2) is 22.7 Å². The van der Waals surface area contributed by atoms with Crippen molar-refractivity contribution in [3.8, 4) is 0 Å². The molecule has 0 spiro atoms. The van der Waals surface area contributed by atoms with Crippen molar-refractivity contribution in [2.24, 2.45) is 5.73 Å². The van der Waals surface area contributed by atoms with Crippen LogP contribution in [0.5, 0.6) is 0 Å². The molecule has 1 atom stereocenters. The van der Waals surface area contributed by atoms with Crippen molar-refractivity contribution >= 4 is 27.5 Å². The number of anilines is 1. The molecular formula is C14H20BrN3O. The standard InChI is InChI=1S/C14H20BrN3O/c1-3-17(4-2)7-8-18-12-6-5-10(15)9-11(12)13(16)14(18)19/h5-6,9,13H,3-4,7-8,16H2,1-2H3. The van der Waals surface area contributed by atoms with Crippen molar-refractivity contribution < 1.29 is 4.79 Å². The van der Waals surface area contributed by atoms with E-state index in [4.69, 9.17) is 5.73 Å². The summed E-state index contributed by atoms with van der Waals surface area (Å²) in [6.45, 7) is 7.83. The molecule has 1 aliphatic rings. The first-order chi connectivity index (χ1) is 9.08. The third-order valence-corrected chi connectivity index (χ3v) is 4.18. The van der Waals surface area contributed by atoms with Gasteiger partial charge in [-0.2, -0.15) is 0 Å². The molecule has 0 saturated heterocycles. The number of carbonyl (C=O) groups excluding carboxylic acids is 1. The van der Waals surface area contributed by atoms with E-state index in [1.807, 2.05) is 23.1 Å². The van der Waals surface area contributed by atoms with E-state index in [1.165, 1.54) is 0 Å². The zero-order valence-corrected chi connectivity index (χ0v) is 13.0. The van der Waals surface area contributed by atoms with Gasteiger partial charge in [0.05, 0.1) is 0 Å². The number of likely N-dealkylation sites (N-methyl/N-ethyl adjacent to an activating group) is 1. The Morgan fingerprint density at radius 2 is 2.05 bits per heavy atom. The van der Waals surface area contributed by atoms with E-state index in [-0.39, 0.29) is 5.91 Å². The molecule has 2 N–H and O–H groups in total. The molecule has 0 fully saturated rings. The number of carbonyl (C=O) groups is 1. The predicted octanol–water partition coefficient (Wildman–Crippen LogP) is 2.14. The molecule has 1 aliphatic heterocycles. The van der Waals surface area contributed by atoms with Crippen molar-refractivity contribution in [2.45, 2.75) is 19.9 Å². The van der Waals surface area contributed by atoms with Crippen molar-refractivity contribution in [1.82, 2.24) is 4.90 Å². The Labute approximate surface area is 122 Å². The second kappa shape index (κ2) is 6.03. The normalized spacial score (nSPS) is 18.3. The smallest absolute Gasteiger partial charge is 0.248 e. The number of rotatable bonds is 5. The molecular weight excluding hydrogens is 306 g/mol. The van der Waals surface area contributed by atoms with Gasteiger partial charge in [-0.05, 0) is 31.3 Å². The minimum Gasteiger partial charge on any atom is -0.316 e. The minimum absolute atomic E-state index is 0.000237. The van der Waals surface area contributed by atoms with Gasteiger partial charge in [0, 0.05) is 28.8 Å². The molecule has 1 heterocycles. The monoisotopic (exact) mass is 325 g/mol. The number of halogens is 1. The number of amides is 1. The Morgan fingerprint density at radius 1 is 1.37 bits per heavy atom. The number of hydrogen-bond acceptors (Lipinski definition) is 3. The summed E-state index contributed by atoms with van der Waals surface area (Å²) in [6.07, 6.45) is 0. The molecule has 1 unspecified atom stereocenters. The summed E-state index contributed by atoms with van der Waals surface area (Å²) < 4.78 is 0.958. The highest BCUT2D eigenvalue weighted by Crippen LogP contribution is 2.36. The van der Waals surface area contributed by atoms with Crippen LogP contribution in [-0.2, 0) is 4.79 Å². The van der Waals surface area contributed by atoms with Crippen LogP contribution >= 0.6 is 15.9 Å². The fourth-order valence-corrected chi connectivity index (χ4v) is 2.83. The van der Waals surface area contributed by atoms with Crippen molar-refractivity contribution in [3.63, 3.8) is 0 Å². The summed E-state index contributed by atoms with van der Waals surface area (Å²) in [6, 6.07) is 5.33. The number of fused-ring (bicyclic) bond motifs is 1. The lowest BCUT2D eigenvalue weighted by Gasteiger charge is -2.23. The van der Waals surface area contributed by atoms with Crippen LogP contribution < -0.4 is 10.6 Å². The van der Waals surface area contributed by atoms with E-state index in [9.17, 15) is 4.79 Å². The van der Waals surface area contributed by atoms with E-state index >= 15 is 0 Å². The molecule has 0 radical (unpaired) electrons. The van der Waals surface area contributed by atoms with Crippen LogP contribution in [0.25, 0.3) is 0 Å². The number of nitrogens with zero attached hydrogens (tertiary/aromatic N) is 2. The molecule has 5 heteroatoms. The van der Waals surface area contributed by atoms with Gasteiger partial charge in [-0.1, -0.05) is 29.8 Å². The zero-order valence-electron chi connectivity index (χ0n) is 11.4. The molecule has 0 saturated carbocycles. The zero-order chi connectivity index (χ0) is 14.0. The van der Waals surface area contributed by atoms with E-state index < -0.39 is 6.04 Å². The van der Waals surface area contributed by atoms with Gasteiger partial charge >= 0.3 is 0 Å². The van der Waals surface area contributed by atoms with Crippen LogP contribution in [0.2, 0.25) is 0 Å². The summed E-state index contributed by atoms with van der Waals surface area (Å²) >= 11 is 3.42. The van der Waals surface area contributed by atoms with Gasteiger partial charge < -0.3 is 15.5 Å². The van der Waals surface area contributed by atoms with Gasteiger partial charge in [-0.3, -0.25) is 4.79 Å². The van der Waals surface area contributed by atoms with Crippen LogP contribution in [0.4, 0.5) is 5.69 Å². The van der Waals surface area contributed by atoms with Crippen LogP contribution in [0.3, 0.4) is 0 Å². The first-order valence-electron chi connectivity index (χ1n) is 6.67. The van der Waals surface area contributed by atoms with E-state index in [0.29, 0.717) is 6.54 Å². The maximum atomic E-state index is 12.2. The molecule has 2 rings (SSSR count). The Hall–Kier alpha value is -0.910. The summed E-state index contributed by atoms with van der Waals surface area (Å²) in [4.78, 5) is 16.3. The quantitative estimate of drug-likeness (QED) is 0.902. The van der Waals surface area contributed by atoms with E-state index in [0.717, 1.165) is 35.4 Å². The van der Waals surface area contributed by atoms with Crippen molar-refractivity contribution in [2.75, 3.05) is 31.1 Å². The number of benzene rings is 1. The largest absolute Gasteiger partial charge is 0.316 e. The van der Waals surface area contributed by atoms with Gasteiger partial charge in [-0.25, -0.2) is 0 Å². The average molecular weight is 326 g/mol. The summed E-state index contributed by atoms with van der Waals surface area (Å²) in [5, 5.41) is 0. The van der Waals surface area contributed by atoms with Crippen LogP contribution in [0, 0.1) is 0 Å². The highest BCUT2D eigenvalue weighted by Gasteiger charge is 2.34. The minimum atomic E-state index is -0.524. The third kappa shape index (κ3) is 2.83. The van der Waals surface area contributed by atoms with E-state index in [2.05, 4.69) is 34.7 Å². The fraction of sp³-hybridized carbons (Fsp3) is 0.500. The van der Waals surface area contributed by atoms with Crippen molar-refractivity contribution in [3.05, 3.63) is 28.2 Å². The Balaban J connectivity index is 2.17. The second-order valence-corrected chi connectivity index (χ2v) is 5.61. The third-order valence-electron chi connectivity index (χ3n) is 3.68. The molecule has 104 valence electrons. The van der Waals surface area contributed by atoms with Crippen molar-refractivity contribution in [1.29, 1.82) is 0 Å². The number of nitrogens with two attached hydrogens (primary N) is 1. The molecule has 19 heavy (non-hydrogen) atoms. The van der Waals surface area contributed by atoms with Gasteiger partial charge in [0.15, 0.2) is 0 Å². The van der Waals surface area contributed by atoms with Gasteiger partial charge in [0.2, 0.25) is 5.91 Å². The maximum Gasteiger partial charge on any atom is 0.248 e. The maximum absolute atomic E-state index is 12.2. The SMILES string of the molecule is CCN(CC)CCN1C(=O)C(N)c2cc(Br)ccc21. The van der Waals surface area contributed by atoms with Gasteiger partial charge in [0.25, 0.3) is 0 Å². The van der Waals surface area contributed by atoms with E-state index in [1.54, 1.807) is 0 Å². The first kappa shape index (κ1) is 14.5. The molecule has 1 amide bonds.